The molecule has 0 unspecified atom stereocenters. The molecule has 1 N–H and O–H groups in total. The van der Waals surface area contributed by atoms with Crippen LogP contribution in [0.15, 0.2) is 54.6 Å². The van der Waals surface area contributed by atoms with Gasteiger partial charge in [0.05, 0.1) is 24.5 Å². The molecular weight excluding hydrogens is 346 g/mol. The van der Waals surface area contributed by atoms with Crippen LogP contribution in [-0.4, -0.2) is 34.6 Å². The van der Waals surface area contributed by atoms with Gasteiger partial charge in [-0.3, -0.25) is 14.9 Å². The van der Waals surface area contributed by atoms with Crippen LogP contribution in [0.5, 0.6) is 5.75 Å². The standard InChI is InChI=1S/C21H23NO5/c1-21(24)12-11-17(22(25)26)18(14-7-4-3-5-8-14)19(21)20(23)15-9-6-10-16(13-15)27-2/h3-10,13,17-19,24H,11-12H2,1-2H3/t17-,18+,19+,21+/m0/s1. The van der Waals surface area contributed by atoms with Crippen molar-refractivity contribution in [1.82, 2.24) is 0 Å². The zero-order chi connectivity index (χ0) is 19.6. The number of nitrogens with zero attached hydrogens (tertiary/aromatic N) is 1. The molecule has 3 rings (SSSR count). The van der Waals surface area contributed by atoms with Crippen LogP contribution >= 0.6 is 0 Å². The topological polar surface area (TPSA) is 89.7 Å². The van der Waals surface area contributed by atoms with Crippen LogP contribution in [0.3, 0.4) is 0 Å². The molecule has 2 aromatic carbocycles. The maximum Gasteiger partial charge on any atom is 0.220 e. The minimum Gasteiger partial charge on any atom is -0.497 e. The lowest BCUT2D eigenvalue weighted by Gasteiger charge is -2.43. The van der Waals surface area contributed by atoms with Crippen LogP contribution in [0.1, 0.15) is 41.6 Å². The number of benzene rings is 2. The molecular formula is C21H23NO5. The van der Waals surface area contributed by atoms with Gasteiger partial charge in [-0.05, 0) is 31.0 Å². The lowest BCUT2D eigenvalue weighted by atomic mass is 9.63. The van der Waals surface area contributed by atoms with E-state index in [1.165, 1.54) is 7.11 Å². The summed E-state index contributed by atoms with van der Waals surface area (Å²) in [4.78, 5) is 24.8. The van der Waals surface area contributed by atoms with Crippen molar-refractivity contribution in [3.8, 4) is 5.75 Å². The molecule has 0 amide bonds. The summed E-state index contributed by atoms with van der Waals surface area (Å²) in [5.74, 6) is -1.41. The summed E-state index contributed by atoms with van der Waals surface area (Å²) in [5, 5.41) is 22.8. The molecule has 6 nitrogen and oxygen atoms in total. The average Bonchev–Trinajstić information content (AvgIpc) is 2.67. The second kappa shape index (κ2) is 7.48. The third-order valence-electron chi connectivity index (χ3n) is 5.48. The van der Waals surface area contributed by atoms with Gasteiger partial charge in [-0.1, -0.05) is 42.5 Å². The minimum atomic E-state index is -1.34. The summed E-state index contributed by atoms with van der Waals surface area (Å²) in [6.07, 6.45) is 0.420. The Labute approximate surface area is 157 Å². The van der Waals surface area contributed by atoms with Gasteiger partial charge < -0.3 is 9.84 Å². The zero-order valence-corrected chi connectivity index (χ0v) is 15.4. The number of aliphatic hydroxyl groups is 1. The van der Waals surface area contributed by atoms with Crippen LogP contribution in [0.25, 0.3) is 0 Å². The second-order valence-electron chi connectivity index (χ2n) is 7.26. The Balaban J connectivity index is 2.11. The monoisotopic (exact) mass is 369 g/mol. The molecule has 1 fully saturated rings. The van der Waals surface area contributed by atoms with Crippen molar-refractivity contribution in [3.63, 3.8) is 0 Å². The summed E-state index contributed by atoms with van der Waals surface area (Å²) in [5.41, 5.74) is -0.266. The van der Waals surface area contributed by atoms with Crippen molar-refractivity contribution in [3.05, 3.63) is 75.8 Å². The number of hydrogen-bond donors (Lipinski definition) is 1. The molecule has 1 aliphatic rings. The molecule has 0 spiro atoms. The van der Waals surface area contributed by atoms with Gasteiger partial charge in [-0.15, -0.1) is 0 Å². The van der Waals surface area contributed by atoms with Gasteiger partial charge >= 0.3 is 0 Å². The maximum absolute atomic E-state index is 13.4. The van der Waals surface area contributed by atoms with E-state index in [-0.39, 0.29) is 23.5 Å². The number of methoxy groups -OCH3 is 1. The first-order valence-electron chi connectivity index (χ1n) is 8.94. The highest BCUT2D eigenvalue weighted by molar-refractivity contribution is 5.99. The first-order chi connectivity index (χ1) is 12.8. The molecule has 6 heteroatoms. The van der Waals surface area contributed by atoms with Crippen LogP contribution in [0.2, 0.25) is 0 Å². The third-order valence-corrected chi connectivity index (χ3v) is 5.48. The Morgan fingerprint density at radius 3 is 2.56 bits per heavy atom. The van der Waals surface area contributed by atoms with Crippen molar-refractivity contribution < 1.29 is 19.6 Å². The number of carbonyl (C=O) groups is 1. The molecule has 0 saturated heterocycles. The van der Waals surface area contributed by atoms with Crippen LogP contribution < -0.4 is 4.74 Å². The molecule has 1 aliphatic carbocycles. The minimum absolute atomic E-state index is 0.197. The largest absolute Gasteiger partial charge is 0.497 e. The molecule has 4 atom stereocenters. The molecule has 0 radical (unpaired) electrons. The molecule has 0 aromatic heterocycles. The number of rotatable bonds is 5. The molecule has 0 bridgehead atoms. The van der Waals surface area contributed by atoms with E-state index in [2.05, 4.69) is 0 Å². The third kappa shape index (κ3) is 3.71. The highest BCUT2D eigenvalue weighted by Crippen LogP contribution is 2.46. The lowest BCUT2D eigenvalue weighted by molar-refractivity contribution is -0.533. The predicted octanol–water partition coefficient (Wildman–Crippen LogP) is 3.47. The smallest absolute Gasteiger partial charge is 0.220 e. The predicted molar refractivity (Wildman–Crippen MR) is 101 cm³/mol. The van der Waals surface area contributed by atoms with E-state index in [0.29, 0.717) is 16.9 Å². The number of carbonyl (C=O) groups excluding carboxylic acids is 1. The highest BCUT2D eigenvalue weighted by atomic mass is 16.6. The van der Waals surface area contributed by atoms with Gasteiger partial charge in [0.2, 0.25) is 6.04 Å². The number of hydrogen-bond acceptors (Lipinski definition) is 5. The Bertz CT molecular complexity index is 833. The van der Waals surface area contributed by atoms with Gasteiger partial charge in [0.1, 0.15) is 5.75 Å². The summed E-state index contributed by atoms with van der Waals surface area (Å²) < 4.78 is 5.19. The zero-order valence-electron chi connectivity index (χ0n) is 15.4. The van der Waals surface area contributed by atoms with Gasteiger partial charge in [-0.2, -0.15) is 0 Å². The highest BCUT2D eigenvalue weighted by Gasteiger charge is 2.54. The Morgan fingerprint density at radius 2 is 1.93 bits per heavy atom. The quantitative estimate of drug-likeness (QED) is 0.495. The van der Waals surface area contributed by atoms with E-state index in [1.54, 1.807) is 55.5 Å². The fourth-order valence-electron chi connectivity index (χ4n) is 4.11. The van der Waals surface area contributed by atoms with Gasteiger partial charge in [0.15, 0.2) is 5.78 Å². The summed E-state index contributed by atoms with van der Waals surface area (Å²) in [6, 6.07) is 14.7. The van der Waals surface area contributed by atoms with Crippen LogP contribution in [0, 0.1) is 16.0 Å². The molecule has 1 saturated carbocycles. The Hall–Kier alpha value is -2.73. The van der Waals surface area contributed by atoms with Crippen LogP contribution in [-0.2, 0) is 0 Å². The second-order valence-corrected chi connectivity index (χ2v) is 7.26. The molecule has 27 heavy (non-hydrogen) atoms. The van der Waals surface area contributed by atoms with Gasteiger partial charge in [-0.25, -0.2) is 0 Å². The van der Waals surface area contributed by atoms with Crippen molar-refractivity contribution in [2.24, 2.45) is 5.92 Å². The summed E-state index contributed by atoms with van der Waals surface area (Å²) in [6.45, 7) is 1.60. The number of ketones is 1. The number of ether oxygens (including phenoxy) is 1. The maximum atomic E-state index is 13.4. The molecule has 0 heterocycles. The Kier molecular flexibility index (Phi) is 5.28. The number of nitro groups is 1. The normalized spacial score (nSPS) is 27.7. The van der Waals surface area contributed by atoms with E-state index >= 15 is 0 Å². The van der Waals surface area contributed by atoms with E-state index in [9.17, 15) is 20.0 Å². The van der Waals surface area contributed by atoms with E-state index in [0.717, 1.165) is 0 Å². The number of Topliss-reactive ketones (excluding diaryl/α,β-unsaturated/α-hetero) is 1. The van der Waals surface area contributed by atoms with Gasteiger partial charge in [0, 0.05) is 16.9 Å². The molecule has 142 valence electrons. The fourth-order valence-corrected chi connectivity index (χ4v) is 4.11. The van der Waals surface area contributed by atoms with Gasteiger partial charge in [0.25, 0.3) is 0 Å². The average molecular weight is 369 g/mol. The van der Waals surface area contributed by atoms with Crippen molar-refractivity contribution >= 4 is 5.78 Å². The first-order valence-corrected chi connectivity index (χ1v) is 8.94. The van der Waals surface area contributed by atoms with Crippen molar-refractivity contribution in [1.29, 1.82) is 0 Å². The van der Waals surface area contributed by atoms with E-state index < -0.39 is 23.5 Å². The summed E-state index contributed by atoms with van der Waals surface area (Å²) >= 11 is 0. The first kappa shape index (κ1) is 19.0. The fraction of sp³-hybridized carbons (Fsp3) is 0.381. The lowest BCUT2D eigenvalue weighted by Crippen LogP contribution is -2.52. The van der Waals surface area contributed by atoms with Crippen molar-refractivity contribution in [2.45, 2.75) is 37.3 Å². The van der Waals surface area contributed by atoms with E-state index in [4.69, 9.17) is 4.74 Å². The van der Waals surface area contributed by atoms with Crippen molar-refractivity contribution in [2.75, 3.05) is 7.11 Å². The van der Waals surface area contributed by atoms with E-state index in [1.807, 2.05) is 6.07 Å². The Morgan fingerprint density at radius 1 is 1.22 bits per heavy atom. The molecule has 0 aliphatic heterocycles. The molecule has 2 aromatic rings. The summed E-state index contributed by atoms with van der Waals surface area (Å²) in [7, 11) is 1.51. The SMILES string of the molecule is COc1cccc(C(=O)[C@H]2[C@H](c3ccccc3)[C@@H]([N+](=O)[O-])CC[C@@]2(C)O)c1. The van der Waals surface area contributed by atoms with Crippen LogP contribution in [0.4, 0.5) is 0 Å².